The molecule has 20 heavy (non-hydrogen) atoms. The standard InChI is InChI=1S/C15H14Cl2O2S/c1-20(10-15(18)19,13-6-2-11(16)3-7-13)14-8-4-12(17)5-9-14/h2-9H,10H2,1H3,(H,18,19). The molecule has 0 saturated heterocycles. The molecule has 0 aliphatic rings. The lowest BCUT2D eigenvalue weighted by Gasteiger charge is -2.35. The van der Waals surface area contributed by atoms with Crippen LogP contribution in [0, 0.1) is 0 Å². The molecule has 1 N–H and O–H groups in total. The van der Waals surface area contributed by atoms with Gasteiger partial charge in [0.1, 0.15) is 0 Å². The third kappa shape index (κ3) is 3.29. The van der Waals surface area contributed by atoms with Crippen molar-refractivity contribution in [1.82, 2.24) is 0 Å². The van der Waals surface area contributed by atoms with Gasteiger partial charge in [0.25, 0.3) is 0 Å². The van der Waals surface area contributed by atoms with Crippen molar-refractivity contribution >= 4 is 39.2 Å². The van der Waals surface area contributed by atoms with Crippen LogP contribution in [0.4, 0.5) is 0 Å². The molecule has 2 aromatic carbocycles. The molecule has 5 heteroatoms. The van der Waals surface area contributed by atoms with E-state index >= 15 is 0 Å². The Labute approximate surface area is 129 Å². The number of hydrogen-bond acceptors (Lipinski definition) is 1. The molecule has 0 bridgehead atoms. The lowest BCUT2D eigenvalue weighted by Crippen LogP contribution is -2.13. The third-order valence-electron chi connectivity index (χ3n) is 3.08. The van der Waals surface area contributed by atoms with Crippen LogP contribution >= 0.6 is 33.2 Å². The Morgan fingerprint density at radius 1 is 0.950 bits per heavy atom. The lowest BCUT2D eigenvalue weighted by atomic mass is 10.4. The predicted octanol–water partition coefficient (Wildman–Crippen LogP) is 4.93. The normalized spacial score (nSPS) is 12.2. The summed E-state index contributed by atoms with van der Waals surface area (Å²) in [4.78, 5) is 13.2. The monoisotopic (exact) mass is 328 g/mol. The van der Waals surface area contributed by atoms with Crippen LogP contribution in [-0.2, 0) is 4.79 Å². The number of carboxylic acids is 1. The molecule has 2 nitrogen and oxygen atoms in total. The highest BCUT2D eigenvalue weighted by atomic mass is 35.5. The van der Waals surface area contributed by atoms with Gasteiger partial charge < -0.3 is 5.11 Å². The van der Waals surface area contributed by atoms with Crippen molar-refractivity contribution in [2.75, 3.05) is 12.0 Å². The van der Waals surface area contributed by atoms with Crippen molar-refractivity contribution < 1.29 is 9.90 Å². The van der Waals surface area contributed by atoms with Gasteiger partial charge in [0.2, 0.25) is 0 Å². The van der Waals surface area contributed by atoms with E-state index in [2.05, 4.69) is 0 Å². The SMILES string of the molecule is CS(CC(=O)O)(c1ccc(Cl)cc1)c1ccc(Cl)cc1. The van der Waals surface area contributed by atoms with Gasteiger partial charge in [-0.3, -0.25) is 4.79 Å². The molecular weight excluding hydrogens is 315 g/mol. The molecule has 0 spiro atoms. The summed E-state index contributed by atoms with van der Waals surface area (Å²) in [5.41, 5.74) is 0. The van der Waals surface area contributed by atoms with Crippen molar-refractivity contribution in [3.05, 3.63) is 58.6 Å². The van der Waals surface area contributed by atoms with E-state index < -0.39 is 16.0 Å². The van der Waals surface area contributed by atoms with Crippen molar-refractivity contribution in [3.63, 3.8) is 0 Å². The van der Waals surface area contributed by atoms with Gasteiger partial charge in [-0.05, 0) is 64.6 Å². The fraction of sp³-hybridized carbons (Fsp3) is 0.133. The van der Waals surface area contributed by atoms with Crippen molar-refractivity contribution in [2.45, 2.75) is 9.79 Å². The molecule has 0 radical (unpaired) electrons. The Morgan fingerprint density at radius 3 is 1.60 bits per heavy atom. The third-order valence-corrected chi connectivity index (χ3v) is 7.03. The highest BCUT2D eigenvalue weighted by molar-refractivity contribution is 8.33. The Balaban J connectivity index is 2.52. The molecule has 0 aliphatic heterocycles. The summed E-state index contributed by atoms with van der Waals surface area (Å²) in [7, 11) is -1.65. The zero-order valence-electron chi connectivity index (χ0n) is 10.8. The Bertz CT molecular complexity index is 563. The molecular formula is C15H14Cl2O2S. The molecule has 2 rings (SSSR count). The quantitative estimate of drug-likeness (QED) is 0.863. The van der Waals surface area contributed by atoms with Crippen LogP contribution in [0.5, 0.6) is 0 Å². The van der Waals surface area contributed by atoms with E-state index in [1.807, 2.05) is 30.5 Å². The summed E-state index contributed by atoms with van der Waals surface area (Å²) in [6, 6.07) is 14.8. The molecule has 106 valence electrons. The van der Waals surface area contributed by atoms with Crippen LogP contribution in [0.1, 0.15) is 0 Å². The van der Waals surface area contributed by atoms with Crippen molar-refractivity contribution in [3.8, 4) is 0 Å². The lowest BCUT2D eigenvalue weighted by molar-refractivity contribution is -0.133. The van der Waals surface area contributed by atoms with E-state index in [-0.39, 0.29) is 5.75 Å². The van der Waals surface area contributed by atoms with E-state index in [0.29, 0.717) is 10.0 Å². The number of aliphatic carboxylic acids is 1. The number of carbonyl (C=O) groups is 1. The molecule has 0 aromatic heterocycles. The molecule has 0 fully saturated rings. The Kier molecular flexibility index (Phi) is 4.63. The van der Waals surface area contributed by atoms with Crippen LogP contribution < -0.4 is 0 Å². The van der Waals surface area contributed by atoms with Gasteiger partial charge >= 0.3 is 5.97 Å². The second-order valence-electron chi connectivity index (χ2n) is 4.53. The zero-order chi connectivity index (χ0) is 14.8. The minimum absolute atomic E-state index is 0.0796. The summed E-state index contributed by atoms with van der Waals surface area (Å²) in [6.07, 6.45) is 1.99. The molecule has 2 aromatic rings. The average Bonchev–Trinajstić information content (AvgIpc) is 2.39. The largest absolute Gasteiger partial charge is 0.481 e. The Morgan fingerprint density at radius 2 is 1.30 bits per heavy atom. The van der Waals surface area contributed by atoms with E-state index in [1.165, 1.54) is 0 Å². The van der Waals surface area contributed by atoms with Gasteiger partial charge in [-0.25, -0.2) is 0 Å². The number of carboxylic acid groups (broad SMARTS) is 1. The minimum Gasteiger partial charge on any atom is -0.481 e. The fourth-order valence-electron chi connectivity index (χ4n) is 2.02. The van der Waals surface area contributed by atoms with E-state index in [4.69, 9.17) is 23.2 Å². The maximum Gasteiger partial charge on any atom is 0.312 e. The number of halogens is 2. The molecule has 0 amide bonds. The smallest absolute Gasteiger partial charge is 0.312 e. The van der Waals surface area contributed by atoms with Crippen LogP contribution in [0.2, 0.25) is 10.0 Å². The highest BCUT2D eigenvalue weighted by Gasteiger charge is 2.26. The predicted molar refractivity (Wildman–Crippen MR) is 85.5 cm³/mol. The van der Waals surface area contributed by atoms with E-state index in [0.717, 1.165) is 9.79 Å². The van der Waals surface area contributed by atoms with Crippen LogP contribution in [0.3, 0.4) is 0 Å². The fourth-order valence-corrected chi connectivity index (χ4v) is 4.84. The maximum atomic E-state index is 11.3. The van der Waals surface area contributed by atoms with E-state index in [1.54, 1.807) is 24.3 Å². The van der Waals surface area contributed by atoms with Crippen molar-refractivity contribution in [1.29, 1.82) is 0 Å². The minimum atomic E-state index is -1.65. The van der Waals surface area contributed by atoms with Gasteiger partial charge in [-0.15, -0.1) is 0 Å². The molecule has 0 heterocycles. The molecule has 0 aliphatic carbocycles. The highest BCUT2D eigenvalue weighted by Crippen LogP contribution is 2.59. The first-order valence-electron chi connectivity index (χ1n) is 5.91. The molecule has 0 saturated carbocycles. The summed E-state index contributed by atoms with van der Waals surface area (Å²) in [5, 5.41) is 10.5. The maximum absolute atomic E-state index is 11.3. The second kappa shape index (κ2) is 6.08. The summed E-state index contributed by atoms with van der Waals surface area (Å²) in [5.74, 6) is -0.733. The number of rotatable bonds is 4. The first-order chi connectivity index (χ1) is 9.41. The van der Waals surface area contributed by atoms with Crippen LogP contribution in [-0.4, -0.2) is 23.1 Å². The van der Waals surface area contributed by atoms with Gasteiger partial charge in [0.15, 0.2) is 0 Å². The van der Waals surface area contributed by atoms with Gasteiger partial charge in [0, 0.05) is 10.0 Å². The average molecular weight is 329 g/mol. The van der Waals surface area contributed by atoms with Crippen molar-refractivity contribution in [2.24, 2.45) is 0 Å². The van der Waals surface area contributed by atoms with Crippen LogP contribution in [0.15, 0.2) is 58.3 Å². The van der Waals surface area contributed by atoms with Gasteiger partial charge in [0.05, 0.1) is 5.75 Å². The summed E-state index contributed by atoms with van der Waals surface area (Å²) >= 11 is 11.8. The zero-order valence-corrected chi connectivity index (χ0v) is 13.2. The van der Waals surface area contributed by atoms with E-state index in [9.17, 15) is 9.90 Å². The molecule has 0 unspecified atom stereocenters. The number of benzene rings is 2. The topological polar surface area (TPSA) is 37.3 Å². The first-order valence-corrected chi connectivity index (χ1v) is 8.87. The summed E-state index contributed by atoms with van der Waals surface area (Å²) < 4.78 is 0. The second-order valence-corrected chi connectivity index (χ2v) is 8.81. The Hall–Kier alpha value is -1.16. The molecule has 0 atom stereocenters. The van der Waals surface area contributed by atoms with Gasteiger partial charge in [-0.2, -0.15) is 10.0 Å². The first kappa shape index (κ1) is 15.2. The summed E-state index contributed by atoms with van der Waals surface area (Å²) in [6.45, 7) is 0. The number of hydrogen-bond donors (Lipinski definition) is 1. The van der Waals surface area contributed by atoms with Gasteiger partial charge in [-0.1, -0.05) is 23.2 Å². The van der Waals surface area contributed by atoms with Crippen LogP contribution in [0.25, 0.3) is 0 Å².